The van der Waals surface area contributed by atoms with Gasteiger partial charge < -0.3 is 14.2 Å². The van der Waals surface area contributed by atoms with Crippen molar-refractivity contribution >= 4 is 17.7 Å². The molecule has 150 valence electrons. The molecule has 0 saturated heterocycles. The Labute approximate surface area is 173 Å². The molecule has 0 spiro atoms. The molecule has 29 heavy (non-hydrogen) atoms. The Morgan fingerprint density at radius 1 is 0.862 bits per heavy atom. The van der Waals surface area contributed by atoms with Gasteiger partial charge in [-0.2, -0.15) is 0 Å². The summed E-state index contributed by atoms with van der Waals surface area (Å²) in [6.45, 7) is 2.11. The maximum absolute atomic E-state index is 11.6. The van der Waals surface area contributed by atoms with E-state index >= 15 is 0 Å². The number of hydrogen-bond acceptors (Lipinski definition) is 8. The topological polar surface area (TPSA) is 83.4 Å². The molecule has 0 aliphatic carbocycles. The zero-order valence-corrected chi connectivity index (χ0v) is 17.2. The molecule has 0 aliphatic heterocycles. The van der Waals surface area contributed by atoms with E-state index in [0.29, 0.717) is 23.2 Å². The first kappa shape index (κ1) is 20.6. The summed E-state index contributed by atoms with van der Waals surface area (Å²) in [4.78, 5) is 16.3. The van der Waals surface area contributed by atoms with Crippen molar-refractivity contribution in [2.75, 3.05) is 26.6 Å². The van der Waals surface area contributed by atoms with Gasteiger partial charge in [0.2, 0.25) is 5.16 Å². The van der Waals surface area contributed by atoms with E-state index in [1.165, 1.54) is 11.8 Å². The van der Waals surface area contributed by atoms with E-state index in [-0.39, 0.29) is 11.7 Å². The van der Waals surface area contributed by atoms with E-state index in [4.69, 9.17) is 14.2 Å². The van der Waals surface area contributed by atoms with Crippen LogP contribution < -0.4 is 9.47 Å². The second-order valence-corrected chi connectivity index (χ2v) is 6.78. The quantitative estimate of drug-likeness (QED) is 0.408. The number of carbonyl (C=O) groups excluding carboxylic acids is 1. The maximum Gasteiger partial charge on any atom is 0.316 e. The number of carbonyl (C=O) groups is 1. The van der Waals surface area contributed by atoms with Gasteiger partial charge in [-0.25, -0.2) is 4.98 Å². The van der Waals surface area contributed by atoms with Crippen LogP contribution in [0.25, 0.3) is 22.5 Å². The minimum absolute atomic E-state index is 0.124. The number of ether oxygens (including phenoxy) is 3. The molecule has 0 N–H and O–H groups in total. The minimum atomic E-state index is -0.314. The molecule has 0 radical (unpaired) electrons. The van der Waals surface area contributed by atoms with Gasteiger partial charge in [0.1, 0.15) is 22.9 Å². The third-order valence-electron chi connectivity index (χ3n) is 4.02. The van der Waals surface area contributed by atoms with Crippen LogP contribution in [0.1, 0.15) is 6.92 Å². The third kappa shape index (κ3) is 5.23. The molecule has 0 unspecified atom stereocenters. The van der Waals surface area contributed by atoms with E-state index in [1.807, 2.05) is 48.5 Å². The van der Waals surface area contributed by atoms with Crippen LogP contribution >= 0.6 is 11.8 Å². The summed E-state index contributed by atoms with van der Waals surface area (Å²) in [5.74, 6) is 1.31. The lowest BCUT2D eigenvalue weighted by atomic mass is 10.0. The molecule has 8 heteroatoms. The third-order valence-corrected chi connectivity index (χ3v) is 4.83. The van der Waals surface area contributed by atoms with Crippen molar-refractivity contribution in [3.05, 3.63) is 48.5 Å². The van der Waals surface area contributed by atoms with E-state index < -0.39 is 0 Å². The smallest absolute Gasteiger partial charge is 0.316 e. The predicted molar refractivity (Wildman–Crippen MR) is 111 cm³/mol. The minimum Gasteiger partial charge on any atom is -0.497 e. The lowest BCUT2D eigenvalue weighted by molar-refractivity contribution is -0.139. The van der Waals surface area contributed by atoms with Gasteiger partial charge in [0.05, 0.1) is 26.6 Å². The molecule has 1 aromatic heterocycles. The van der Waals surface area contributed by atoms with Crippen LogP contribution in [0.2, 0.25) is 0 Å². The van der Waals surface area contributed by atoms with Crippen molar-refractivity contribution in [2.24, 2.45) is 0 Å². The highest BCUT2D eigenvalue weighted by Crippen LogP contribution is 2.31. The normalized spacial score (nSPS) is 10.4. The van der Waals surface area contributed by atoms with Gasteiger partial charge in [-0.1, -0.05) is 11.8 Å². The highest BCUT2D eigenvalue weighted by molar-refractivity contribution is 7.99. The zero-order valence-electron chi connectivity index (χ0n) is 16.4. The highest BCUT2D eigenvalue weighted by atomic mass is 32.2. The first-order valence-electron chi connectivity index (χ1n) is 8.96. The average molecular weight is 411 g/mol. The Balaban J connectivity index is 1.98. The van der Waals surface area contributed by atoms with Crippen LogP contribution in [0.15, 0.2) is 53.7 Å². The fraction of sp³-hybridized carbons (Fsp3) is 0.238. The van der Waals surface area contributed by atoms with Gasteiger partial charge in [-0.3, -0.25) is 4.79 Å². The summed E-state index contributed by atoms with van der Waals surface area (Å²) in [5.41, 5.74) is 3.03. The van der Waals surface area contributed by atoms with Crippen LogP contribution in [-0.2, 0) is 9.53 Å². The Morgan fingerprint density at radius 2 is 1.41 bits per heavy atom. The number of aromatic nitrogens is 3. The predicted octanol–water partition coefficient (Wildman–Crippen LogP) is 3.88. The molecule has 0 saturated carbocycles. The monoisotopic (exact) mass is 411 g/mol. The van der Waals surface area contributed by atoms with Crippen molar-refractivity contribution in [1.82, 2.24) is 15.2 Å². The molecule has 0 amide bonds. The number of nitrogens with zero attached hydrogens (tertiary/aromatic N) is 3. The molecule has 3 rings (SSSR count). The summed E-state index contributed by atoms with van der Waals surface area (Å²) < 4.78 is 15.4. The summed E-state index contributed by atoms with van der Waals surface area (Å²) in [6.07, 6.45) is 0. The summed E-state index contributed by atoms with van der Waals surface area (Å²) in [7, 11) is 3.24. The van der Waals surface area contributed by atoms with E-state index in [9.17, 15) is 4.79 Å². The Bertz CT molecular complexity index is 963. The second kappa shape index (κ2) is 9.88. The Hall–Kier alpha value is -3.13. The van der Waals surface area contributed by atoms with Gasteiger partial charge in [0, 0.05) is 11.1 Å². The summed E-state index contributed by atoms with van der Waals surface area (Å²) >= 11 is 1.19. The van der Waals surface area contributed by atoms with Gasteiger partial charge in [-0.05, 0) is 55.5 Å². The number of thioether (sulfide) groups is 1. The fourth-order valence-electron chi connectivity index (χ4n) is 2.59. The zero-order chi connectivity index (χ0) is 20.6. The second-order valence-electron chi connectivity index (χ2n) is 5.84. The molecule has 2 aromatic carbocycles. The molecular formula is C21H21N3O4S. The van der Waals surface area contributed by atoms with Crippen LogP contribution in [0.4, 0.5) is 0 Å². The van der Waals surface area contributed by atoms with Crippen molar-refractivity contribution < 1.29 is 19.0 Å². The first-order valence-corrected chi connectivity index (χ1v) is 9.95. The van der Waals surface area contributed by atoms with Gasteiger partial charge in [0.25, 0.3) is 0 Å². The Kier molecular flexibility index (Phi) is 7.02. The summed E-state index contributed by atoms with van der Waals surface area (Å²) in [5, 5.41) is 8.98. The fourth-order valence-corrected chi connectivity index (χ4v) is 3.18. The lowest BCUT2D eigenvalue weighted by Gasteiger charge is -2.10. The van der Waals surface area contributed by atoms with E-state index in [1.54, 1.807) is 21.1 Å². The molecule has 1 heterocycles. The number of methoxy groups -OCH3 is 2. The van der Waals surface area contributed by atoms with Crippen LogP contribution in [0.3, 0.4) is 0 Å². The number of benzene rings is 2. The van der Waals surface area contributed by atoms with Crippen LogP contribution in [-0.4, -0.2) is 47.7 Å². The average Bonchev–Trinajstić information content (AvgIpc) is 2.78. The number of hydrogen-bond donors (Lipinski definition) is 0. The van der Waals surface area contributed by atoms with Crippen LogP contribution in [0.5, 0.6) is 11.5 Å². The molecule has 0 atom stereocenters. The highest BCUT2D eigenvalue weighted by Gasteiger charge is 2.15. The Morgan fingerprint density at radius 3 is 1.93 bits per heavy atom. The van der Waals surface area contributed by atoms with Crippen molar-refractivity contribution in [2.45, 2.75) is 12.1 Å². The molecular weight excluding hydrogens is 390 g/mol. The molecule has 0 aliphatic rings. The largest absolute Gasteiger partial charge is 0.497 e. The standard InChI is InChI=1S/C21H21N3O4S/c1-4-28-18(25)13-29-21-22-19(14-5-9-16(26-2)10-6-14)20(23-24-21)15-7-11-17(27-3)12-8-15/h5-12H,4,13H2,1-3H3. The molecule has 7 nitrogen and oxygen atoms in total. The molecule has 0 fully saturated rings. The molecule has 0 bridgehead atoms. The molecule has 3 aromatic rings. The van der Waals surface area contributed by atoms with Gasteiger partial charge in [0.15, 0.2) is 0 Å². The van der Waals surface area contributed by atoms with Crippen molar-refractivity contribution in [3.63, 3.8) is 0 Å². The van der Waals surface area contributed by atoms with Crippen molar-refractivity contribution in [1.29, 1.82) is 0 Å². The van der Waals surface area contributed by atoms with Gasteiger partial charge in [-0.15, -0.1) is 10.2 Å². The van der Waals surface area contributed by atoms with Crippen molar-refractivity contribution in [3.8, 4) is 34.0 Å². The van der Waals surface area contributed by atoms with Crippen LogP contribution in [0, 0.1) is 0 Å². The number of esters is 1. The lowest BCUT2D eigenvalue weighted by Crippen LogP contribution is -2.08. The van der Waals surface area contributed by atoms with E-state index in [0.717, 1.165) is 22.6 Å². The SMILES string of the molecule is CCOC(=O)CSc1nnc(-c2ccc(OC)cc2)c(-c2ccc(OC)cc2)n1. The number of rotatable bonds is 8. The van der Waals surface area contributed by atoms with E-state index in [2.05, 4.69) is 15.2 Å². The summed E-state index contributed by atoms with van der Waals surface area (Å²) in [6, 6.07) is 15.1. The maximum atomic E-state index is 11.6. The van der Waals surface area contributed by atoms with Gasteiger partial charge >= 0.3 is 5.97 Å². The first-order chi connectivity index (χ1) is 14.1.